The highest BCUT2D eigenvalue weighted by Gasteiger charge is 2.28. The van der Waals surface area contributed by atoms with Crippen LogP contribution in [0.25, 0.3) is 0 Å². The molecule has 0 unspecified atom stereocenters. The van der Waals surface area contributed by atoms with E-state index in [1.54, 1.807) is 4.68 Å². The van der Waals surface area contributed by atoms with E-state index in [2.05, 4.69) is 20.8 Å². The molecule has 1 aromatic heterocycles. The molecule has 0 saturated heterocycles. The third-order valence-electron chi connectivity index (χ3n) is 2.89. The molecule has 2 aromatic rings. The van der Waals surface area contributed by atoms with Crippen molar-refractivity contribution in [1.82, 2.24) is 20.2 Å². The van der Waals surface area contributed by atoms with Gasteiger partial charge in [0.2, 0.25) is 11.1 Å². The second-order valence-electron chi connectivity index (χ2n) is 4.60. The van der Waals surface area contributed by atoms with Crippen LogP contribution in [0.3, 0.4) is 0 Å². The minimum atomic E-state index is -0.683. The lowest BCUT2D eigenvalue weighted by molar-refractivity contribution is -0.113. The van der Waals surface area contributed by atoms with E-state index in [4.69, 9.17) is 0 Å². The van der Waals surface area contributed by atoms with Gasteiger partial charge in [-0.3, -0.25) is 4.79 Å². The summed E-state index contributed by atoms with van der Waals surface area (Å²) in [5.41, 5.74) is -0.178. The van der Waals surface area contributed by atoms with Crippen molar-refractivity contribution in [2.24, 2.45) is 0 Å². The molecule has 1 fully saturated rings. The first kappa shape index (κ1) is 13.9. The van der Waals surface area contributed by atoms with Gasteiger partial charge < -0.3 is 5.32 Å². The van der Waals surface area contributed by atoms with E-state index >= 15 is 0 Å². The number of halogens is 2. The fraction of sp³-hybridized carbons (Fsp3) is 0.333. The first-order valence-electron chi connectivity index (χ1n) is 6.29. The van der Waals surface area contributed by atoms with Gasteiger partial charge in [-0.1, -0.05) is 11.8 Å². The predicted octanol–water partition coefficient (Wildman–Crippen LogP) is 2.02. The van der Waals surface area contributed by atoms with Gasteiger partial charge >= 0.3 is 0 Å². The number of thioether (sulfide) groups is 1. The van der Waals surface area contributed by atoms with Gasteiger partial charge in [-0.2, -0.15) is 0 Å². The van der Waals surface area contributed by atoms with E-state index in [1.807, 2.05) is 0 Å². The fourth-order valence-corrected chi connectivity index (χ4v) is 2.48. The number of carbonyl (C=O) groups is 1. The van der Waals surface area contributed by atoms with E-state index in [-0.39, 0.29) is 11.4 Å². The quantitative estimate of drug-likeness (QED) is 0.855. The Balaban J connectivity index is 1.59. The van der Waals surface area contributed by atoms with Gasteiger partial charge in [0.1, 0.15) is 11.6 Å². The molecular weight excluding hydrogens is 300 g/mol. The van der Waals surface area contributed by atoms with Crippen molar-refractivity contribution >= 4 is 23.4 Å². The number of hydrogen-bond acceptors (Lipinski definition) is 5. The van der Waals surface area contributed by atoms with Crippen LogP contribution < -0.4 is 5.32 Å². The normalized spacial score (nSPS) is 14.2. The lowest BCUT2D eigenvalue weighted by atomic mass is 10.3. The number of benzene rings is 1. The van der Waals surface area contributed by atoms with Crippen molar-refractivity contribution in [2.75, 3.05) is 11.1 Å². The molecule has 1 saturated carbocycles. The summed E-state index contributed by atoms with van der Waals surface area (Å²) in [6, 6.07) is 3.20. The molecule has 1 aromatic carbocycles. The van der Waals surface area contributed by atoms with Crippen LogP contribution in [-0.4, -0.2) is 31.9 Å². The molecule has 1 aliphatic carbocycles. The Bertz CT molecular complexity index is 673. The average Bonchev–Trinajstić information content (AvgIpc) is 3.19. The van der Waals surface area contributed by atoms with Crippen LogP contribution >= 0.6 is 11.8 Å². The number of anilines is 1. The Labute approximate surface area is 122 Å². The summed E-state index contributed by atoms with van der Waals surface area (Å²) in [5.74, 6) is -1.73. The standard InChI is InChI=1S/C12H11F2N5OS/c13-7-1-4-9(14)10(5-7)15-11(20)6-21-12-16-17-18-19(12)8-2-3-8/h1,4-5,8H,2-3,6H2,(H,15,20). The molecule has 0 bridgehead atoms. The number of rotatable bonds is 5. The van der Waals surface area contributed by atoms with Crippen molar-refractivity contribution in [3.05, 3.63) is 29.8 Å². The molecule has 6 nitrogen and oxygen atoms in total. The molecule has 9 heteroatoms. The third kappa shape index (κ3) is 3.35. The Hall–Kier alpha value is -2.03. The smallest absolute Gasteiger partial charge is 0.234 e. The van der Waals surface area contributed by atoms with Crippen LogP contribution in [0, 0.1) is 11.6 Å². The topological polar surface area (TPSA) is 72.7 Å². The van der Waals surface area contributed by atoms with Crippen LogP contribution in [0.2, 0.25) is 0 Å². The Morgan fingerprint density at radius 2 is 2.24 bits per heavy atom. The molecule has 1 heterocycles. The summed E-state index contributed by atoms with van der Waals surface area (Å²) in [6.45, 7) is 0. The number of amides is 1. The highest BCUT2D eigenvalue weighted by Crippen LogP contribution is 2.36. The second kappa shape index (κ2) is 5.76. The summed E-state index contributed by atoms with van der Waals surface area (Å²) >= 11 is 1.16. The maximum absolute atomic E-state index is 13.4. The number of aromatic nitrogens is 4. The van der Waals surface area contributed by atoms with Gasteiger partial charge in [0.05, 0.1) is 17.5 Å². The van der Waals surface area contributed by atoms with E-state index in [1.165, 1.54) is 0 Å². The molecule has 0 aliphatic heterocycles. The number of nitrogens with zero attached hydrogens (tertiary/aromatic N) is 4. The van der Waals surface area contributed by atoms with Crippen molar-refractivity contribution in [1.29, 1.82) is 0 Å². The number of tetrazole rings is 1. The monoisotopic (exact) mass is 311 g/mol. The SMILES string of the molecule is O=C(CSc1nnnn1C1CC1)Nc1cc(F)ccc1F. The lowest BCUT2D eigenvalue weighted by Crippen LogP contribution is -2.15. The van der Waals surface area contributed by atoms with Crippen LogP contribution in [0.15, 0.2) is 23.4 Å². The Morgan fingerprint density at radius 3 is 3.00 bits per heavy atom. The highest BCUT2D eigenvalue weighted by molar-refractivity contribution is 7.99. The van der Waals surface area contributed by atoms with Crippen LogP contribution in [-0.2, 0) is 4.79 Å². The first-order chi connectivity index (χ1) is 10.1. The van der Waals surface area contributed by atoms with E-state index < -0.39 is 17.5 Å². The number of hydrogen-bond donors (Lipinski definition) is 1. The minimum absolute atomic E-state index is 0.0169. The number of carbonyl (C=O) groups excluding carboxylic acids is 1. The molecular formula is C12H11F2N5OS. The van der Waals surface area contributed by atoms with Gasteiger partial charge in [-0.25, -0.2) is 13.5 Å². The molecule has 1 aliphatic rings. The molecule has 1 N–H and O–H groups in total. The molecule has 21 heavy (non-hydrogen) atoms. The van der Waals surface area contributed by atoms with Crippen molar-refractivity contribution in [2.45, 2.75) is 24.0 Å². The predicted molar refractivity (Wildman–Crippen MR) is 71.8 cm³/mol. The summed E-state index contributed by atoms with van der Waals surface area (Å²) in [6.07, 6.45) is 2.05. The van der Waals surface area contributed by atoms with Gasteiger partial charge in [-0.15, -0.1) is 5.10 Å². The highest BCUT2D eigenvalue weighted by atomic mass is 32.2. The van der Waals surface area contributed by atoms with Crippen LogP contribution in [0.5, 0.6) is 0 Å². The van der Waals surface area contributed by atoms with Gasteiger partial charge in [0, 0.05) is 6.07 Å². The Morgan fingerprint density at radius 1 is 1.43 bits per heavy atom. The third-order valence-corrected chi connectivity index (χ3v) is 3.82. The van der Waals surface area contributed by atoms with E-state index in [9.17, 15) is 13.6 Å². The van der Waals surface area contributed by atoms with Gasteiger partial charge in [0.25, 0.3) is 0 Å². The second-order valence-corrected chi connectivity index (χ2v) is 5.54. The van der Waals surface area contributed by atoms with Crippen LogP contribution in [0.4, 0.5) is 14.5 Å². The Kier molecular flexibility index (Phi) is 3.82. The largest absolute Gasteiger partial charge is 0.323 e. The summed E-state index contributed by atoms with van der Waals surface area (Å²) in [4.78, 5) is 11.8. The van der Waals surface area contributed by atoms with Crippen molar-refractivity contribution in [3.63, 3.8) is 0 Å². The summed E-state index contributed by atoms with van der Waals surface area (Å²) in [7, 11) is 0. The van der Waals surface area contributed by atoms with E-state index in [0.717, 1.165) is 42.8 Å². The minimum Gasteiger partial charge on any atom is -0.323 e. The molecule has 3 rings (SSSR count). The van der Waals surface area contributed by atoms with Crippen molar-refractivity contribution < 1.29 is 13.6 Å². The van der Waals surface area contributed by atoms with E-state index in [0.29, 0.717) is 11.2 Å². The molecule has 0 spiro atoms. The van der Waals surface area contributed by atoms with Gasteiger partial charge in [0.15, 0.2) is 0 Å². The maximum atomic E-state index is 13.4. The zero-order chi connectivity index (χ0) is 14.8. The fourth-order valence-electron chi connectivity index (χ4n) is 1.74. The van der Waals surface area contributed by atoms with Crippen molar-refractivity contribution in [3.8, 4) is 0 Å². The molecule has 110 valence electrons. The summed E-state index contributed by atoms with van der Waals surface area (Å²) in [5, 5.41) is 14.1. The summed E-state index contributed by atoms with van der Waals surface area (Å²) < 4.78 is 28.1. The number of nitrogens with one attached hydrogen (secondary N) is 1. The zero-order valence-electron chi connectivity index (χ0n) is 10.8. The molecule has 0 atom stereocenters. The lowest BCUT2D eigenvalue weighted by Gasteiger charge is -2.06. The average molecular weight is 311 g/mol. The zero-order valence-corrected chi connectivity index (χ0v) is 11.6. The molecule has 0 radical (unpaired) electrons. The van der Waals surface area contributed by atoms with Crippen LogP contribution in [0.1, 0.15) is 18.9 Å². The van der Waals surface area contributed by atoms with Gasteiger partial charge in [-0.05, 0) is 35.4 Å². The maximum Gasteiger partial charge on any atom is 0.234 e. The first-order valence-corrected chi connectivity index (χ1v) is 7.27. The molecule has 1 amide bonds.